The van der Waals surface area contributed by atoms with Gasteiger partial charge in [0.15, 0.2) is 0 Å². The van der Waals surface area contributed by atoms with Crippen molar-refractivity contribution in [2.24, 2.45) is 0 Å². The molecule has 0 saturated heterocycles. The number of aryl methyl sites for hydroxylation is 1. The van der Waals surface area contributed by atoms with E-state index in [0.29, 0.717) is 6.42 Å². The molecule has 0 fully saturated rings. The summed E-state index contributed by atoms with van der Waals surface area (Å²) in [6.45, 7) is 4.12. The second-order valence-corrected chi connectivity index (χ2v) is 6.25. The van der Waals surface area contributed by atoms with E-state index in [1.165, 1.54) is 0 Å². The number of unbranched alkanes of at least 4 members (excludes halogenated alkanes) is 1. The van der Waals surface area contributed by atoms with Crippen LogP contribution in [0.15, 0.2) is 29.2 Å². The molecule has 0 N–H and O–H groups in total. The first-order valence-corrected chi connectivity index (χ1v) is 7.85. The fourth-order valence-corrected chi connectivity index (χ4v) is 2.54. The molecule has 1 aromatic rings. The molecule has 19 heavy (non-hydrogen) atoms. The number of hydrogen-bond donors (Lipinski definition) is 0. The fraction of sp³-hybridized carbons (Fsp3) is 0.571. The predicted molar refractivity (Wildman–Crippen MR) is 74.6 cm³/mol. The molecule has 0 heterocycles. The smallest absolute Gasteiger partial charge is 0.296 e. The lowest BCUT2D eigenvalue weighted by molar-refractivity contribution is 0.107. The molecular weight excluding hydrogens is 264 g/mol. The molecule has 108 valence electrons. The highest BCUT2D eigenvalue weighted by Crippen LogP contribution is 2.14. The summed E-state index contributed by atoms with van der Waals surface area (Å²) >= 11 is 0. The third-order valence-electron chi connectivity index (χ3n) is 2.96. The predicted octanol–water partition coefficient (Wildman–Crippen LogP) is 2.91. The van der Waals surface area contributed by atoms with Gasteiger partial charge in [-0.2, -0.15) is 8.42 Å². The molecule has 1 unspecified atom stereocenters. The summed E-state index contributed by atoms with van der Waals surface area (Å²) in [6, 6.07) is 6.66. The Bertz CT molecular complexity index is 465. The Morgan fingerprint density at radius 2 is 1.79 bits per heavy atom. The second kappa shape index (κ2) is 7.62. The van der Waals surface area contributed by atoms with Crippen LogP contribution in [0.2, 0.25) is 0 Å². The molecular formula is C14H22O4S. The van der Waals surface area contributed by atoms with E-state index in [9.17, 15) is 8.42 Å². The fourth-order valence-electron chi connectivity index (χ4n) is 1.59. The zero-order valence-corrected chi connectivity index (χ0v) is 12.6. The number of ether oxygens (including phenoxy) is 1. The Morgan fingerprint density at radius 3 is 2.37 bits per heavy atom. The molecule has 0 bridgehead atoms. The molecule has 1 atom stereocenters. The third-order valence-corrected chi connectivity index (χ3v) is 4.28. The van der Waals surface area contributed by atoms with Crippen LogP contribution in [0.25, 0.3) is 0 Å². The van der Waals surface area contributed by atoms with Crippen LogP contribution in [0, 0.1) is 6.92 Å². The van der Waals surface area contributed by atoms with Crippen LogP contribution in [-0.2, 0) is 19.0 Å². The molecule has 0 radical (unpaired) electrons. The van der Waals surface area contributed by atoms with E-state index in [1.54, 1.807) is 31.4 Å². The van der Waals surface area contributed by atoms with Crippen molar-refractivity contribution in [3.63, 3.8) is 0 Å². The minimum atomic E-state index is -3.61. The van der Waals surface area contributed by atoms with Gasteiger partial charge >= 0.3 is 0 Å². The Kier molecular flexibility index (Phi) is 6.48. The maximum absolute atomic E-state index is 11.8. The summed E-state index contributed by atoms with van der Waals surface area (Å²) < 4.78 is 33.8. The van der Waals surface area contributed by atoms with Gasteiger partial charge in [0.05, 0.1) is 17.6 Å². The van der Waals surface area contributed by atoms with Crippen LogP contribution >= 0.6 is 0 Å². The first kappa shape index (κ1) is 16.1. The Morgan fingerprint density at radius 1 is 1.16 bits per heavy atom. The third kappa shape index (κ3) is 5.72. The van der Waals surface area contributed by atoms with Crippen molar-refractivity contribution in [1.82, 2.24) is 0 Å². The van der Waals surface area contributed by atoms with Crippen molar-refractivity contribution in [3.8, 4) is 0 Å². The number of benzene rings is 1. The summed E-state index contributed by atoms with van der Waals surface area (Å²) in [7, 11) is -1.94. The molecule has 0 aliphatic carbocycles. The van der Waals surface area contributed by atoms with Crippen molar-refractivity contribution in [3.05, 3.63) is 29.8 Å². The molecule has 0 aliphatic heterocycles. The Labute approximate surface area is 115 Å². The SMILES string of the molecule is COC(C)CCCCOS(=O)(=O)c1ccc(C)cc1. The van der Waals surface area contributed by atoms with E-state index in [2.05, 4.69) is 0 Å². The first-order valence-electron chi connectivity index (χ1n) is 6.44. The molecule has 0 amide bonds. The standard InChI is InChI=1S/C14H22O4S/c1-12-7-9-14(10-8-12)19(15,16)18-11-5-4-6-13(2)17-3/h7-10,13H,4-6,11H2,1-3H3. The van der Waals surface area contributed by atoms with Crippen LogP contribution in [0.5, 0.6) is 0 Å². The summed E-state index contributed by atoms with van der Waals surface area (Å²) in [5, 5.41) is 0. The second-order valence-electron chi connectivity index (χ2n) is 4.63. The molecule has 0 saturated carbocycles. The van der Waals surface area contributed by atoms with E-state index in [-0.39, 0.29) is 17.6 Å². The minimum absolute atomic E-state index is 0.203. The van der Waals surface area contributed by atoms with Crippen LogP contribution in [0.4, 0.5) is 0 Å². The normalized spacial score (nSPS) is 13.4. The average molecular weight is 286 g/mol. The van der Waals surface area contributed by atoms with Gasteiger partial charge in [0.25, 0.3) is 10.1 Å². The number of rotatable bonds is 8. The Hall–Kier alpha value is -0.910. The van der Waals surface area contributed by atoms with Gasteiger partial charge in [0.1, 0.15) is 0 Å². The topological polar surface area (TPSA) is 52.6 Å². The zero-order valence-electron chi connectivity index (χ0n) is 11.8. The van der Waals surface area contributed by atoms with E-state index < -0.39 is 10.1 Å². The lowest BCUT2D eigenvalue weighted by atomic mass is 10.2. The molecule has 5 heteroatoms. The van der Waals surface area contributed by atoms with E-state index in [0.717, 1.165) is 18.4 Å². The van der Waals surface area contributed by atoms with Gasteiger partial charge in [0.2, 0.25) is 0 Å². The number of hydrogen-bond acceptors (Lipinski definition) is 4. The van der Waals surface area contributed by atoms with Gasteiger partial charge in [0, 0.05) is 7.11 Å². The highest BCUT2D eigenvalue weighted by Gasteiger charge is 2.14. The molecule has 0 aromatic heterocycles. The van der Waals surface area contributed by atoms with Crippen LogP contribution in [0.3, 0.4) is 0 Å². The van der Waals surface area contributed by atoms with E-state index in [4.69, 9.17) is 8.92 Å². The van der Waals surface area contributed by atoms with Crippen molar-refractivity contribution < 1.29 is 17.3 Å². The van der Waals surface area contributed by atoms with E-state index >= 15 is 0 Å². The monoisotopic (exact) mass is 286 g/mol. The summed E-state index contributed by atoms with van der Waals surface area (Å²) in [6.07, 6.45) is 2.70. The van der Waals surface area contributed by atoms with Crippen LogP contribution in [-0.4, -0.2) is 28.2 Å². The van der Waals surface area contributed by atoms with Crippen LogP contribution in [0.1, 0.15) is 31.7 Å². The van der Waals surface area contributed by atoms with Gasteiger partial charge in [-0.3, -0.25) is 4.18 Å². The molecule has 0 spiro atoms. The van der Waals surface area contributed by atoms with Gasteiger partial charge in [-0.05, 0) is 45.2 Å². The molecule has 1 aromatic carbocycles. The van der Waals surface area contributed by atoms with Gasteiger partial charge in [-0.15, -0.1) is 0 Å². The maximum atomic E-state index is 11.8. The largest absolute Gasteiger partial charge is 0.382 e. The van der Waals surface area contributed by atoms with Gasteiger partial charge in [-0.25, -0.2) is 0 Å². The molecule has 1 rings (SSSR count). The summed E-state index contributed by atoms with van der Waals surface area (Å²) in [4.78, 5) is 0.211. The highest BCUT2D eigenvalue weighted by atomic mass is 32.2. The Balaban J connectivity index is 2.37. The first-order chi connectivity index (χ1) is 8.95. The van der Waals surface area contributed by atoms with Crippen LogP contribution < -0.4 is 0 Å². The summed E-state index contributed by atoms with van der Waals surface area (Å²) in [5.74, 6) is 0. The molecule has 4 nitrogen and oxygen atoms in total. The zero-order chi connectivity index (χ0) is 14.3. The quantitative estimate of drug-likeness (QED) is 0.544. The van der Waals surface area contributed by atoms with Crippen molar-refractivity contribution in [2.75, 3.05) is 13.7 Å². The van der Waals surface area contributed by atoms with Crippen molar-refractivity contribution >= 4 is 10.1 Å². The lowest BCUT2D eigenvalue weighted by Crippen LogP contribution is -2.09. The number of methoxy groups -OCH3 is 1. The highest BCUT2D eigenvalue weighted by molar-refractivity contribution is 7.86. The minimum Gasteiger partial charge on any atom is -0.382 e. The summed E-state index contributed by atoms with van der Waals surface area (Å²) in [5.41, 5.74) is 1.02. The van der Waals surface area contributed by atoms with Gasteiger partial charge < -0.3 is 4.74 Å². The van der Waals surface area contributed by atoms with Gasteiger partial charge in [-0.1, -0.05) is 17.7 Å². The molecule has 0 aliphatic rings. The van der Waals surface area contributed by atoms with Crippen molar-refractivity contribution in [2.45, 2.75) is 44.1 Å². The maximum Gasteiger partial charge on any atom is 0.296 e. The van der Waals surface area contributed by atoms with Crippen molar-refractivity contribution in [1.29, 1.82) is 0 Å². The van der Waals surface area contributed by atoms with E-state index in [1.807, 2.05) is 13.8 Å². The lowest BCUT2D eigenvalue weighted by Gasteiger charge is -2.09. The average Bonchev–Trinajstić information content (AvgIpc) is 2.38.